The molecule has 0 nitrogen and oxygen atoms in total. The van der Waals surface area contributed by atoms with E-state index in [9.17, 15) is 0 Å². The third-order valence-corrected chi connectivity index (χ3v) is 5.39. The van der Waals surface area contributed by atoms with Gasteiger partial charge in [-0.3, -0.25) is 0 Å². The zero-order chi connectivity index (χ0) is 12.7. The first-order valence-corrected chi connectivity index (χ1v) is 7.73. The van der Waals surface area contributed by atoms with Gasteiger partial charge in [-0.25, -0.2) is 0 Å². The summed E-state index contributed by atoms with van der Waals surface area (Å²) in [5.41, 5.74) is 6.19. The number of hydrogen-bond donors (Lipinski definition) is 0. The van der Waals surface area contributed by atoms with Crippen molar-refractivity contribution in [2.75, 3.05) is 0 Å². The molecule has 3 rings (SSSR count). The van der Waals surface area contributed by atoms with Crippen LogP contribution in [-0.4, -0.2) is 0 Å². The molecule has 0 heteroatoms. The smallest absolute Gasteiger partial charge is 0.0151 e. The van der Waals surface area contributed by atoms with Gasteiger partial charge in [0.15, 0.2) is 0 Å². The van der Waals surface area contributed by atoms with Crippen LogP contribution in [0.1, 0.15) is 66.7 Å². The van der Waals surface area contributed by atoms with Gasteiger partial charge in [0.25, 0.3) is 0 Å². The molecule has 18 heavy (non-hydrogen) atoms. The van der Waals surface area contributed by atoms with Crippen LogP contribution in [0, 0.1) is 32.6 Å². The molecule has 1 aromatic rings. The van der Waals surface area contributed by atoms with E-state index in [4.69, 9.17) is 0 Å². The lowest BCUT2D eigenvalue weighted by Crippen LogP contribution is -2.12. The van der Waals surface area contributed by atoms with Gasteiger partial charge in [-0.15, -0.1) is 0 Å². The van der Waals surface area contributed by atoms with Gasteiger partial charge in [-0.1, -0.05) is 43.4 Å². The van der Waals surface area contributed by atoms with Crippen molar-refractivity contribution >= 4 is 0 Å². The van der Waals surface area contributed by atoms with E-state index in [0.717, 1.165) is 17.8 Å². The number of fused-ring (bicyclic) bond motifs is 1. The highest BCUT2D eigenvalue weighted by Gasteiger charge is 2.36. The van der Waals surface area contributed by atoms with Gasteiger partial charge in [-0.2, -0.15) is 0 Å². The van der Waals surface area contributed by atoms with Gasteiger partial charge in [0.2, 0.25) is 0 Å². The second-order valence-electron chi connectivity index (χ2n) is 6.79. The molecule has 2 fully saturated rings. The molecule has 2 atom stereocenters. The molecule has 0 spiro atoms. The normalized spacial score (nSPS) is 31.4. The molecule has 0 bridgehead atoms. The summed E-state index contributed by atoms with van der Waals surface area (Å²) in [6.45, 7) is 6.85. The minimum Gasteiger partial charge on any atom is -0.0561 e. The SMILES string of the molecule is Cc1cc(C)c(C2CC3CCCCC3C2)c(C)c1. The van der Waals surface area contributed by atoms with Gasteiger partial charge in [0.1, 0.15) is 0 Å². The Balaban J connectivity index is 1.88. The van der Waals surface area contributed by atoms with Crippen LogP contribution in [-0.2, 0) is 0 Å². The van der Waals surface area contributed by atoms with Gasteiger partial charge >= 0.3 is 0 Å². The monoisotopic (exact) mass is 242 g/mol. The number of hydrogen-bond acceptors (Lipinski definition) is 0. The van der Waals surface area contributed by atoms with E-state index < -0.39 is 0 Å². The molecule has 2 aliphatic rings. The second-order valence-corrected chi connectivity index (χ2v) is 6.79. The predicted molar refractivity (Wildman–Crippen MR) is 78.1 cm³/mol. The molecular formula is C18H26. The van der Waals surface area contributed by atoms with E-state index >= 15 is 0 Å². The molecule has 0 aliphatic heterocycles. The first-order chi connectivity index (χ1) is 8.65. The van der Waals surface area contributed by atoms with E-state index in [1.807, 2.05) is 0 Å². The maximum atomic E-state index is 2.38. The van der Waals surface area contributed by atoms with Crippen LogP contribution >= 0.6 is 0 Å². The average Bonchev–Trinajstić information content (AvgIpc) is 2.70. The Bertz CT molecular complexity index is 406. The molecule has 0 heterocycles. The van der Waals surface area contributed by atoms with Crippen molar-refractivity contribution in [3.05, 3.63) is 34.4 Å². The summed E-state index contributed by atoms with van der Waals surface area (Å²) in [6, 6.07) is 4.76. The van der Waals surface area contributed by atoms with Crippen LogP contribution < -0.4 is 0 Å². The summed E-state index contributed by atoms with van der Waals surface area (Å²) in [5, 5.41) is 0. The van der Waals surface area contributed by atoms with Crippen molar-refractivity contribution in [3.63, 3.8) is 0 Å². The summed E-state index contributed by atoms with van der Waals surface area (Å²) < 4.78 is 0. The summed E-state index contributed by atoms with van der Waals surface area (Å²) in [6.07, 6.45) is 8.92. The number of rotatable bonds is 1. The Morgan fingerprint density at radius 2 is 1.33 bits per heavy atom. The Morgan fingerprint density at radius 3 is 1.83 bits per heavy atom. The fourth-order valence-electron chi connectivity index (χ4n) is 4.80. The van der Waals surface area contributed by atoms with E-state index in [2.05, 4.69) is 32.9 Å². The Kier molecular flexibility index (Phi) is 3.21. The first kappa shape index (κ1) is 12.3. The lowest BCUT2D eigenvalue weighted by atomic mass is 9.82. The van der Waals surface area contributed by atoms with Crippen LogP contribution in [0.3, 0.4) is 0 Å². The summed E-state index contributed by atoms with van der Waals surface area (Å²) >= 11 is 0. The van der Waals surface area contributed by atoms with Crippen molar-refractivity contribution in [1.29, 1.82) is 0 Å². The van der Waals surface area contributed by atoms with Crippen molar-refractivity contribution in [3.8, 4) is 0 Å². The maximum Gasteiger partial charge on any atom is -0.0151 e. The lowest BCUT2D eigenvalue weighted by Gasteiger charge is -2.24. The van der Waals surface area contributed by atoms with E-state index in [1.54, 1.807) is 5.56 Å². The van der Waals surface area contributed by atoms with Crippen molar-refractivity contribution < 1.29 is 0 Å². The molecule has 2 aliphatic carbocycles. The largest absolute Gasteiger partial charge is 0.0561 e. The fraction of sp³-hybridized carbons (Fsp3) is 0.667. The van der Waals surface area contributed by atoms with Gasteiger partial charge in [0.05, 0.1) is 0 Å². The van der Waals surface area contributed by atoms with Gasteiger partial charge in [0, 0.05) is 0 Å². The Hall–Kier alpha value is -0.780. The topological polar surface area (TPSA) is 0 Å². The van der Waals surface area contributed by atoms with E-state index in [-0.39, 0.29) is 0 Å². The minimum absolute atomic E-state index is 0.860. The van der Waals surface area contributed by atoms with Crippen LogP contribution in [0.25, 0.3) is 0 Å². The Morgan fingerprint density at radius 1 is 0.833 bits per heavy atom. The van der Waals surface area contributed by atoms with Crippen molar-refractivity contribution in [2.45, 2.75) is 65.2 Å². The quantitative estimate of drug-likeness (QED) is 0.627. The van der Waals surface area contributed by atoms with Crippen LogP contribution in [0.2, 0.25) is 0 Å². The fourth-order valence-corrected chi connectivity index (χ4v) is 4.80. The van der Waals surface area contributed by atoms with E-state index in [0.29, 0.717) is 0 Å². The van der Waals surface area contributed by atoms with Crippen molar-refractivity contribution in [2.24, 2.45) is 11.8 Å². The van der Waals surface area contributed by atoms with Crippen LogP contribution in [0.5, 0.6) is 0 Å². The zero-order valence-corrected chi connectivity index (χ0v) is 12.1. The predicted octanol–water partition coefficient (Wildman–Crippen LogP) is 5.30. The van der Waals surface area contributed by atoms with Gasteiger partial charge < -0.3 is 0 Å². The standard InChI is InChI=1S/C18H26/c1-12-8-13(2)18(14(3)9-12)17-10-15-6-4-5-7-16(15)11-17/h8-9,15-17H,4-7,10-11H2,1-3H3. The van der Waals surface area contributed by atoms with E-state index in [1.165, 1.54) is 55.2 Å². The molecule has 1 aromatic carbocycles. The molecule has 0 radical (unpaired) electrons. The zero-order valence-electron chi connectivity index (χ0n) is 12.1. The summed E-state index contributed by atoms with van der Waals surface area (Å²) in [5.74, 6) is 2.95. The maximum absolute atomic E-state index is 2.38. The summed E-state index contributed by atoms with van der Waals surface area (Å²) in [4.78, 5) is 0. The van der Waals surface area contributed by atoms with Crippen molar-refractivity contribution in [1.82, 2.24) is 0 Å². The second kappa shape index (κ2) is 4.72. The highest BCUT2D eigenvalue weighted by Crippen LogP contribution is 2.50. The highest BCUT2D eigenvalue weighted by molar-refractivity contribution is 5.40. The molecule has 2 unspecified atom stereocenters. The molecule has 0 aromatic heterocycles. The Labute approximate surface area is 112 Å². The molecule has 0 amide bonds. The van der Waals surface area contributed by atoms with Gasteiger partial charge in [-0.05, 0) is 68.1 Å². The number of benzene rings is 1. The third kappa shape index (κ3) is 2.11. The molecule has 0 N–H and O–H groups in total. The lowest BCUT2D eigenvalue weighted by molar-refractivity contribution is 0.277. The average molecular weight is 242 g/mol. The third-order valence-electron chi connectivity index (χ3n) is 5.39. The molecular weight excluding hydrogens is 216 g/mol. The number of aryl methyl sites for hydroxylation is 3. The minimum atomic E-state index is 0.860. The first-order valence-electron chi connectivity index (χ1n) is 7.73. The summed E-state index contributed by atoms with van der Waals surface area (Å²) in [7, 11) is 0. The molecule has 2 saturated carbocycles. The van der Waals surface area contributed by atoms with Crippen LogP contribution in [0.4, 0.5) is 0 Å². The molecule has 98 valence electrons. The molecule has 0 saturated heterocycles. The highest BCUT2D eigenvalue weighted by atomic mass is 14.4. The van der Waals surface area contributed by atoms with Crippen LogP contribution in [0.15, 0.2) is 12.1 Å².